The van der Waals surface area contributed by atoms with Crippen LogP contribution in [-0.2, 0) is 12.0 Å². The Bertz CT molecular complexity index is 638. The Morgan fingerprint density at radius 3 is 2.10 bits per heavy atom. The molecule has 106 valence electrons. The first-order chi connectivity index (χ1) is 9.33. The minimum Gasteiger partial charge on any atom is -0.385 e. The molecule has 0 saturated heterocycles. The monoisotopic (exact) mass is 284 g/mol. The molecule has 2 aromatic rings. The zero-order valence-corrected chi connectivity index (χ0v) is 10.6. The van der Waals surface area contributed by atoms with Gasteiger partial charge in [-0.05, 0) is 24.6 Å². The quantitative estimate of drug-likeness (QED) is 0.852. The lowest BCUT2D eigenvalue weighted by molar-refractivity contribution is 0.0520. The van der Waals surface area contributed by atoms with E-state index in [2.05, 4.69) is 0 Å². The average Bonchev–Trinajstić information content (AvgIpc) is 2.38. The second-order valence-electron chi connectivity index (χ2n) is 4.76. The molecule has 1 nitrogen and oxygen atoms in total. The SMILES string of the molecule is CC(O)(Cc1cccc(F)c1F)c1cccc(F)c1F. The van der Waals surface area contributed by atoms with Gasteiger partial charge in [0.05, 0.1) is 5.60 Å². The van der Waals surface area contributed by atoms with Crippen LogP contribution in [0.2, 0.25) is 0 Å². The lowest BCUT2D eigenvalue weighted by atomic mass is 9.88. The molecule has 2 aromatic carbocycles. The minimum absolute atomic E-state index is 0.112. The van der Waals surface area contributed by atoms with Crippen LogP contribution in [0.15, 0.2) is 36.4 Å². The Hall–Kier alpha value is -1.88. The minimum atomic E-state index is -1.86. The Kier molecular flexibility index (Phi) is 3.81. The number of rotatable bonds is 3. The summed E-state index contributed by atoms with van der Waals surface area (Å²) in [5.41, 5.74) is -2.28. The van der Waals surface area contributed by atoms with Crippen LogP contribution in [-0.4, -0.2) is 5.11 Å². The maximum atomic E-state index is 13.7. The van der Waals surface area contributed by atoms with E-state index in [1.807, 2.05) is 0 Å². The van der Waals surface area contributed by atoms with Crippen molar-refractivity contribution >= 4 is 0 Å². The summed E-state index contributed by atoms with van der Waals surface area (Å²) in [4.78, 5) is 0. The van der Waals surface area contributed by atoms with Gasteiger partial charge in [-0.15, -0.1) is 0 Å². The van der Waals surface area contributed by atoms with Crippen LogP contribution in [0.4, 0.5) is 17.6 Å². The molecule has 0 amide bonds. The predicted octanol–water partition coefficient (Wildman–Crippen LogP) is 3.69. The van der Waals surface area contributed by atoms with Gasteiger partial charge < -0.3 is 5.11 Å². The van der Waals surface area contributed by atoms with Gasteiger partial charge in [0.2, 0.25) is 0 Å². The normalized spacial score (nSPS) is 14.1. The van der Waals surface area contributed by atoms with Gasteiger partial charge in [-0.2, -0.15) is 0 Å². The van der Waals surface area contributed by atoms with Gasteiger partial charge in [0.15, 0.2) is 23.3 Å². The van der Waals surface area contributed by atoms with E-state index in [0.29, 0.717) is 0 Å². The number of hydrogen-bond acceptors (Lipinski definition) is 1. The van der Waals surface area contributed by atoms with Crippen LogP contribution in [0.3, 0.4) is 0 Å². The zero-order valence-electron chi connectivity index (χ0n) is 10.6. The first-order valence-corrected chi connectivity index (χ1v) is 5.92. The molecule has 0 radical (unpaired) electrons. The van der Waals surface area contributed by atoms with Gasteiger partial charge in [0, 0.05) is 12.0 Å². The summed E-state index contributed by atoms with van der Waals surface area (Å²) in [6, 6.07) is 6.86. The fourth-order valence-electron chi connectivity index (χ4n) is 2.07. The number of halogens is 4. The largest absolute Gasteiger partial charge is 0.385 e. The third kappa shape index (κ3) is 2.67. The predicted molar refractivity (Wildman–Crippen MR) is 66.0 cm³/mol. The molecule has 0 spiro atoms. The molecule has 0 aliphatic carbocycles. The van der Waals surface area contributed by atoms with E-state index in [1.165, 1.54) is 31.2 Å². The summed E-state index contributed by atoms with van der Waals surface area (Å²) >= 11 is 0. The lowest BCUT2D eigenvalue weighted by Crippen LogP contribution is -2.26. The molecule has 0 bridgehead atoms. The van der Waals surface area contributed by atoms with Crippen molar-refractivity contribution in [3.8, 4) is 0 Å². The molecular weight excluding hydrogens is 272 g/mol. The maximum absolute atomic E-state index is 13.7. The average molecular weight is 284 g/mol. The van der Waals surface area contributed by atoms with Gasteiger partial charge in [-0.3, -0.25) is 0 Å². The van der Waals surface area contributed by atoms with E-state index in [4.69, 9.17) is 0 Å². The van der Waals surface area contributed by atoms with Crippen molar-refractivity contribution in [2.45, 2.75) is 18.9 Å². The van der Waals surface area contributed by atoms with Crippen molar-refractivity contribution in [1.29, 1.82) is 0 Å². The third-order valence-electron chi connectivity index (χ3n) is 3.10. The summed E-state index contributed by atoms with van der Waals surface area (Å²) in [5.74, 6) is -4.47. The summed E-state index contributed by atoms with van der Waals surface area (Å²) in [6.45, 7) is 1.22. The van der Waals surface area contributed by atoms with E-state index in [0.717, 1.165) is 12.1 Å². The fraction of sp³-hybridized carbons (Fsp3) is 0.200. The van der Waals surface area contributed by atoms with Crippen LogP contribution in [0, 0.1) is 23.3 Å². The highest BCUT2D eigenvalue weighted by atomic mass is 19.2. The van der Waals surface area contributed by atoms with Gasteiger partial charge in [0.25, 0.3) is 0 Å². The third-order valence-corrected chi connectivity index (χ3v) is 3.10. The van der Waals surface area contributed by atoms with Crippen molar-refractivity contribution in [1.82, 2.24) is 0 Å². The highest BCUT2D eigenvalue weighted by Gasteiger charge is 2.29. The fourth-order valence-corrected chi connectivity index (χ4v) is 2.07. The van der Waals surface area contributed by atoms with Crippen LogP contribution in [0.25, 0.3) is 0 Å². The smallest absolute Gasteiger partial charge is 0.164 e. The van der Waals surface area contributed by atoms with Crippen molar-refractivity contribution in [3.63, 3.8) is 0 Å². The van der Waals surface area contributed by atoms with Gasteiger partial charge in [-0.1, -0.05) is 24.3 Å². The van der Waals surface area contributed by atoms with Gasteiger partial charge in [-0.25, -0.2) is 17.6 Å². The molecule has 0 fully saturated rings. The van der Waals surface area contributed by atoms with Crippen molar-refractivity contribution in [3.05, 3.63) is 70.8 Å². The maximum Gasteiger partial charge on any atom is 0.164 e. The summed E-state index contributed by atoms with van der Waals surface area (Å²) < 4.78 is 53.5. The molecule has 2 rings (SSSR count). The molecule has 0 heterocycles. The molecule has 1 unspecified atom stereocenters. The number of hydrogen-bond donors (Lipinski definition) is 1. The highest BCUT2D eigenvalue weighted by molar-refractivity contribution is 5.29. The molecule has 1 atom stereocenters. The molecule has 0 aromatic heterocycles. The van der Waals surface area contributed by atoms with E-state index >= 15 is 0 Å². The lowest BCUT2D eigenvalue weighted by Gasteiger charge is -2.25. The Balaban J connectivity index is 2.40. The van der Waals surface area contributed by atoms with Gasteiger partial charge >= 0.3 is 0 Å². The van der Waals surface area contributed by atoms with E-state index in [-0.39, 0.29) is 17.5 Å². The van der Waals surface area contributed by atoms with Crippen LogP contribution in [0.1, 0.15) is 18.1 Å². The molecule has 0 aliphatic rings. The van der Waals surface area contributed by atoms with Crippen molar-refractivity contribution in [2.24, 2.45) is 0 Å². The molecular formula is C15H12F4O. The Labute approximate surface area is 113 Å². The summed E-state index contributed by atoms with van der Waals surface area (Å²) in [6.07, 6.45) is -0.378. The number of aliphatic hydroxyl groups is 1. The van der Waals surface area contributed by atoms with Crippen LogP contribution in [0.5, 0.6) is 0 Å². The second kappa shape index (κ2) is 5.25. The Morgan fingerprint density at radius 2 is 1.45 bits per heavy atom. The molecule has 1 N–H and O–H groups in total. The topological polar surface area (TPSA) is 20.2 Å². The first-order valence-electron chi connectivity index (χ1n) is 5.92. The molecule has 5 heteroatoms. The van der Waals surface area contributed by atoms with Crippen molar-refractivity contribution < 1.29 is 22.7 Å². The summed E-state index contributed by atoms with van der Waals surface area (Å²) in [5, 5.41) is 10.3. The van der Waals surface area contributed by atoms with Gasteiger partial charge in [0.1, 0.15) is 0 Å². The zero-order chi connectivity index (χ0) is 14.9. The van der Waals surface area contributed by atoms with Crippen LogP contribution >= 0.6 is 0 Å². The van der Waals surface area contributed by atoms with E-state index < -0.39 is 28.9 Å². The standard InChI is InChI=1S/C15H12F4O/c1-15(20,10-5-3-7-12(17)14(10)19)8-9-4-2-6-11(16)13(9)18/h2-7,20H,8H2,1H3. The number of benzene rings is 2. The van der Waals surface area contributed by atoms with Crippen molar-refractivity contribution in [2.75, 3.05) is 0 Å². The molecule has 0 aliphatic heterocycles. The van der Waals surface area contributed by atoms with E-state index in [1.54, 1.807) is 0 Å². The second-order valence-corrected chi connectivity index (χ2v) is 4.76. The highest BCUT2D eigenvalue weighted by Crippen LogP contribution is 2.29. The molecule has 20 heavy (non-hydrogen) atoms. The molecule has 0 saturated carbocycles. The van der Waals surface area contributed by atoms with Crippen LogP contribution < -0.4 is 0 Å². The first kappa shape index (κ1) is 14.5. The summed E-state index contributed by atoms with van der Waals surface area (Å²) in [7, 11) is 0. The van der Waals surface area contributed by atoms with E-state index in [9.17, 15) is 22.7 Å². The Morgan fingerprint density at radius 1 is 0.900 bits per heavy atom.